The summed E-state index contributed by atoms with van der Waals surface area (Å²) in [6.45, 7) is 0.663. The first-order chi connectivity index (χ1) is 9.69. The van der Waals surface area contributed by atoms with E-state index in [1.165, 1.54) is 0 Å². The number of anilines is 2. The average Bonchev–Trinajstić information content (AvgIpc) is 2.97. The smallest absolute Gasteiger partial charge is 0.241 e. The zero-order chi connectivity index (χ0) is 14.4. The van der Waals surface area contributed by atoms with Crippen LogP contribution in [-0.2, 0) is 10.8 Å². The molecule has 0 saturated carbocycles. The van der Waals surface area contributed by atoms with Gasteiger partial charge in [0.2, 0.25) is 17.8 Å². The maximum atomic E-state index is 11.0. The molecule has 0 aliphatic heterocycles. The lowest BCUT2D eigenvalue weighted by Gasteiger charge is -2.08. The van der Waals surface area contributed by atoms with E-state index in [1.807, 2.05) is 0 Å². The fraction of sp³-hybridized carbons (Fsp3) is 0.455. The van der Waals surface area contributed by atoms with Gasteiger partial charge in [0.05, 0.1) is 0 Å². The molecule has 8 nitrogen and oxygen atoms in total. The Hall–Kier alpha value is -2.03. The third-order valence-corrected chi connectivity index (χ3v) is 3.34. The van der Waals surface area contributed by atoms with E-state index < -0.39 is 10.8 Å². The Morgan fingerprint density at radius 3 is 2.75 bits per heavy atom. The van der Waals surface area contributed by atoms with E-state index >= 15 is 0 Å². The first-order valence-electron chi connectivity index (χ1n) is 6.15. The largest absolute Gasteiger partial charge is 0.357 e. The van der Waals surface area contributed by atoms with Crippen LogP contribution < -0.4 is 10.6 Å². The molecular formula is C11H17N7OS. The lowest BCUT2D eigenvalue weighted by Crippen LogP contribution is -2.12. The molecule has 20 heavy (non-hydrogen) atoms. The monoisotopic (exact) mass is 295 g/mol. The molecule has 0 aliphatic carbocycles. The van der Waals surface area contributed by atoms with Crippen molar-refractivity contribution in [1.29, 1.82) is 0 Å². The average molecular weight is 295 g/mol. The Kier molecular flexibility index (Phi) is 4.99. The predicted molar refractivity (Wildman–Crippen MR) is 78.5 cm³/mol. The molecule has 2 aromatic heterocycles. The maximum Gasteiger partial charge on any atom is 0.241 e. The predicted octanol–water partition coefficient (Wildman–Crippen LogP) is 0.279. The van der Waals surface area contributed by atoms with Gasteiger partial charge >= 0.3 is 0 Å². The van der Waals surface area contributed by atoms with E-state index in [1.54, 1.807) is 36.6 Å². The van der Waals surface area contributed by atoms with Gasteiger partial charge in [0, 0.05) is 48.8 Å². The molecule has 0 spiro atoms. The van der Waals surface area contributed by atoms with Crippen LogP contribution in [0, 0.1) is 0 Å². The van der Waals surface area contributed by atoms with Crippen molar-refractivity contribution in [3.8, 4) is 5.95 Å². The van der Waals surface area contributed by atoms with Gasteiger partial charge in [0.15, 0.2) is 0 Å². The van der Waals surface area contributed by atoms with Crippen LogP contribution in [0.4, 0.5) is 11.9 Å². The number of nitrogens with one attached hydrogen (secondary N) is 2. The van der Waals surface area contributed by atoms with Crippen molar-refractivity contribution in [3.63, 3.8) is 0 Å². The molecule has 1 atom stereocenters. The van der Waals surface area contributed by atoms with Crippen LogP contribution in [0.2, 0.25) is 0 Å². The molecule has 0 amide bonds. The molecule has 2 rings (SSSR count). The lowest BCUT2D eigenvalue weighted by molar-refractivity contribution is 0.685. The van der Waals surface area contributed by atoms with E-state index in [9.17, 15) is 4.21 Å². The highest BCUT2D eigenvalue weighted by molar-refractivity contribution is 7.84. The molecule has 0 fully saturated rings. The first-order valence-corrected chi connectivity index (χ1v) is 7.88. The van der Waals surface area contributed by atoms with E-state index in [-0.39, 0.29) is 0 Å². The van der Waals surface area contributed by atoms with Crippen LogP contribution in [0.5, 0.6) is 0 Å². The van der Waals surface area contributed by atoms with Gasteiger partial charge in [-0.05, 0) is 6.42 Å². The molecular weight excluding hydrogens is 278 g/mol. The highest BCUT2D eigenvalue weighted by atomic mass is 32.2. The topological polar surface area (TPSA) is 97.6 Å². The normalized spacial score (nSPS) is 12.1. The lowest BCUT2D eigenvalue weighted by atomic mass is 10.5. The number of imidazole rings is 1. The zero-order valence-corrected chi connectivity index (χ0v) is 12.2. The molecule has 2 heterocycles. The fourth-order valence-electron chi connectivity index (χ4n) is 1.52. The third kappa shape index (κ3) is 3.98. The van der Waals surface area contributed by atoms with Crippen molar-refractivity contribution in [2.24, 2.45) is 0 Å². The molecule has 0 bridgehead atoms. The molecule has 0 radical (unpaired) electrons. The SMILES string of the molecule is CNc1nc(NCCCS(C)=O)nc(-n2ccnc2)n1. The molecule has 0 saturated heterocycles. The summed E-state index contributed by atoms with van der Waals surface area (Å²) in [5.41, 5.74) is 0. The highest BCUT2D eigenvalue weighted by Gasteiger charge is 2.06. The fourth-order valence-corrected chi connectivity index (χ4v) is 2.07. The quantitative estimate of drug-likeness (QED) is 0.708. The molecule has 1 unspecified atom stereocenters. The van der Waals surface area contributed by atoms with Gasteiger partial charge in [-0.25, -0.2) is 4.98 Å². The Bertz CT molecular complexity index is 572. The summed E-state index contributed by atoms with van der Waals surface area (Å²) >= 11 is 0. The molecule has 0 aliphatic rings. The minimum absolute atomic E-state index is 0.477. The molecule has 9 heteroatoms. The van der Waals surface area contributed by atoms with Gasteiger partial charge in [-0.3, -0.25) is 8.78 Å². The summed E-state index contributed by atoms with van der Waals surface area (Å²) in [5, 5.41) is 6.00. The Morgan fingerprint density at radius 2 is 2.10 bits per heavy atom. The summed E-state index contributed by atoms with van der Waals surface area (Å²) in [7, 11) is 0.971. The number of rotatable bonds is 7. The third-order valence-electron chi connectivity index (χ3n) is 2.47. The van der Waals surface area contributed by atoms with E-state index in [4.69, 9.17) is 0 Å². The van der Waals surface area contributed by atoms with Crippen LogP contribution in [0.1, 0.15) is 6.42 Å². The van der Waals surface area contributed by atoms with Gasteiger partial charge in [0.1, 0.15) is 6.33 Å². The Morgan fingerprint density at radius 1 is 1.30 bits per heavy atom. The number of nitrogens with zero attached hydrogens (tertiary/aromatic N) is 5. The number of aromatic nitrogens is 5. The number of hydrogen-bond donors (Lipinski definition) is 2. The summed E-state index contributed by atoms with van der Waals surface area (Å²) in [5.74, 6) is 2.11. The summed E-state index contributed by atoms with van der Waals surface area (Å²) in [6, 6.07) is 0. The second-order valence-electron chi connectivity index (χ2n) is 4.06. The minimum atomic E-state index is -0.776. The van der Waals surface area contributed by atoms with Crippen molar-refractivity contribution in [2.45, 2.75) is 6.42 Å². The van der Waals surface area contributed by atoms with Crippen molar-refractivity contribution in [1.82, 2.24) is 24.5 Å². The molecule has 2 N–H and O–H groups in total. The maximum absolute atomic E-state index is 11.0. The second-order valence-corrected chi connectivity index (χ2v) is 5.61. The molecule has 2 aromatic rings. The van der Waals surface area contributed by atoms with Crippen molar-refractivity contribution in [2.75, 3.05) is 36.2 Å². The molecule has 0 aromatic carbocycles. The summed E-state index contributed by atoms with van der Waals surface area (Å²) in [4.78, 5) is 16.8. The Balaban J connectivity index is 2.08. The first kappa shape index (κ1) is 14.4. The van der Waals surface area contributed by atoms with Gasteiger partial charge < -0.3 is 10.6 Å². The van der Waals surface area contributed by atoms with Crippen LogP contribution in [0.3, 0.4) is 0 Å². The van der Waals surface area contributed by atoms with E-state index in [0.29, 0.717) is 30.1 Å². The Labute approximate surface area is 119 Å². The van der Waals surface area contributed by atoms with Crippen LogP contribution >= 0.6 is 0 Å². The summed E-state index contributed by atoms with van der Waals surface area (Å²) in [6.07, 6.45) is 7.54. The van der Waals surface area contributed by atoms with Gasteiger partial charge in [-0.15, -0.1) is 0 Å². The zero-order valence-electron chi connectivity index (χ0n) is 11.4. The standard InChI is InChI=1S/C11H17N7OS/c1-12-9-15-10(14-4-3-7-20(2)19)17-11(16-9)18-6-5-13-8-18/h5-6,8H,3-4,7H2,1-2H3,(H2,12,14,15,16,17). The van der Waals surface area contributed by atoms with Crippen molar-refractivity contribution < 1.29 is 4.21 Å². The van der Waals surface area contributed by atoms with Crippen LogP contribution in [0.15, 0.2) is 18.7 Å². The van der Waals surface area contributed by atoms with E-state index in [2.05, 4.69) is 30.6 Å². The van der Waals surface area contributed by atoms with Crippen molar-refractivity contribution >= 4 is 22.7 Å². The molecule has 108 valence electrons. The minimum Gasteiger partial charge on any atom is -0.357 e. The highest BCUT2D eigenvalue weighted by Crippen LogP contribution is 2.08. The van der Waals surface area contributed by atoms with Gasteiger partial charge in [-0.2, -0.15) is 15.0 Å². The second kappa shape index (κ2) is 6.94. The van der Waals surface area contributed by atoms with Crippen molar-refractivity contribution in [3.05, 3.63) is 18.7 Å². The number of hydrogen-bond acceptors (Lipinski definition) is 7. The van der Waals surface area contributed by atoms with Crippen LogP contribution in [0.25, 0.3) is 5.95 Å². The van der Waals surface area contributed by atoms with E-state index in [0.717, 1.165) is 6.42 Å². The van der Waals surface area contributed by atoms with Crippen LogP contribution in [-0.4, -0.2) is 54.3 Å². The summed E-state index contributed by atoms with van der Waals surface area (Å²) < 4.78 is 12.7. The van der Waals surface area contributed by atoms with Gasteiger partial charge in [-0.1, -0.05) is 0 Å². The van der Waals surface area contributed by atoms with Gasteiger partial charge in [0.25, 0.3) is 0 Å².